The summed E-state index contributed by atoms with van der Waals surface area (Å²) in [5.74, 6) is 0.461. The summed E-state index contributed by atoms with van der Waals surface area (Å²) in [5.41, 5.74) is 0.531. The fourth-order valence-corrected chi connectivity index (χ4v) is 1.38. The molecule has 0 saturated heterocycles. The van der Waals surface area contributed by atoms with Gasteiger partial charge in [0.2, 0.25) is 0 Å². The van der Waals surface area contributed by atoms with Gasteiger partial charge < -0.3 is 15.7 Å². The molecule has 1 atom stereocenters. The van der Waals surface area contributed by atoms with Crippen molar-refractivity contribution in [1.29, 1.82) is 0 Å². The van der Waals surface area contributed by atoms with Crippen LogP contribution in [-0.2, 0) is 4.79 Å². The van der Waals surface area contributed by atoms with E-state index in [-0.39, 0.29) is 17.7 Å². The molecule has 6 heteroatoms. The van der Waals surface area contributed by atoms with Gasteiger partial charge in [-0.05, 0) is 19.1 Å². The fourth-order valence-electron chi connectivity index (χ4n) is 1.38. The molecule has 19 heavy (non-hydrogen) atoms. The Kier molecular flexibility index (Phi) is 4.89. The van der Waals surface area contributed by atoms with Crippen LogP contribution in [0.4, 0.5) is 14.9 Å². The Morgan fingerprint density at radius 2 is 2.21 bits per heavy atom. The quantitative estimate of drug-likeness (QED) is 0.725. The van der Waals surface area contributed by atoms with Crippen LogP contribution in [-0.4, -0.2) is 23.1 Å². The van der Waals surface area contributed by atoms with Crippen LogP contribution in [0, 0.1) is 25.1 Å². The molecule has 0 aliphatic heterocycles. The number of aliphatic carboxylic acids is 1. The summed E-state index contributed by atoms with van der Waals surface area (Å²) in [6.45, 7) is 1.50. The highest BCUT2D eigenvalue weighted by molar-refractivity contribution is 5.92. The topological polar surface area (TPSA) is 78.4 Å². The second-order valence-electron chi connectivity index (χ2n) is 3.81. The normalized spacial score (nSPS) is 11.2. The van der Waals surface area contributed by atoms with Crippen LogP contribution >= 0.6 is 0 Å². The number of carbonyl (C=O) groups excluding carboxylic acids is 1. The van der Waals surface area contributed by atoms with E-state index < -0.39 is 23.9 Å². The van der Waals surface area contributed by atoms with E-state index in [9.17, 15) is 14.0 Å². The average molecular weight is 264 g/mol. The van der Waals surface area contributed by atoms with Gasteiger partial charge in [0, 0.05) is 17.7 Å². The maximum Gasteiger partial charge on any atom is 0.327 e. The smallest absolute Gasteiger partial charge is 0.327 e. The van der Waals surface area contributed by atoms with Crippen molar-refractivity contribution in [2.45, 2.75) is 19.4 Å². The minimum Gasteiger partial charge on any atom is -0.480 e. The van der Waals surface area contributed by atoms with Crippen molar-refractivity contribution >= 4 is 17.7 Å². The Morgan fingerprint density at radius 3 is 2.79 bits per heavy atom. The van der Waals surface area contributed by atoms with Crippen LogP contribution in [0.2, 0.25) is 0 Å². The summed E-state index contributed by atoms with van der Waals surface area (Å²) in [4.78, 5) is 22.4. The monoisotopic (exact) mass is 264 g/mol. The molecule has 0 bridgehead atoms. The predicted octanol–water partition coefficient (Wildman–Crippen LogP) is 1.73. The first-order chi connectivity index (χ1) is 8.95. The maximum absolute atomic E-state index is 13.2. The summed E-state index contributed by atoms with van der Waals surface area (Å²) < 4.78 is 13.2. The number of hydrogen-bond acceptors (Lipinski definition) is 2. The molecular formula is C13H13FN2O3. The lowest BCUT2D eigenvalue weighted by atomic mass is 10.2. The molecule has 0 radical (unpaired) electrons. The van der Waals surface area contributed by atoms with Crippen molar-refractivity contribution in [3.8, 4) is 12.3 Å². The van der Waals surface area contributed by atoms with Gasteiger partial charge in [0.05, 0.1) is 0 Å². The number of amides is 2. The van der Waals surface area contributed by atoms with Crippen molar-refractivity contribution in [3.05, 3.63) is 29.6 Å². The third kappa shape index (κ3) is 4.00. The van der Waals surface area contributed by atoms with Crippen molar-refractivity contribution in [2.24, 2.45) is 0 Å². The summed E-state index contributed by atoms with van der Waals surface area (Å²) in [5, 5.41) is 13.4. The van der Waals surface area contributed by atoms with Gasteiger partial charge in [0.1, 0.15) is 11.9 Å². The molecule has 0 aromatic heterocycles. The van der Waals surface area contributed by atoms with Gasteiger partial charge in [-0.15, -0.1) is 12.3 Å². The van der Waals surface area contributed by atoms with Crippen molar-refractivity contribution in [3.63, 3.8) is 0 Å². The molecule has 1 aromatic carbocycles. The van der Waals surface area contributed by atoms with Gasteiger partial charge in [-0.3, -0.25) is 0 Å². The molecule has 100 valence electrons. The van der Waals surface area contributed by atoms with Gasteiger partial charge >= 0.3 is 12.0 Å². The largest absolute Gasteiger partial charge is 0.480 e. The maximum atomic E-state index is 13.2. The summed E-state index contributed by atoms with van der Waals surface area (Å²) in [6.07, 6.45) is 4.87. The molecule has 1 aromatic rings. The minimum absolute atomic E-state index is 0.134. The van der Waals surface area contributed by atoms with Gasteiger partial charge in [-0.25, -0.2) is 14.0 Å². The van der Waals surface area contributed by atoms with Crippen LogP contribution in [0.25, 0.3) is 0 Å². The Labute approximate surface area is 109 Å². The lowest BCUT2D eigenvalue weighted by Gasteiger charge is -2.14. The number of benzene rings is 1. The second kappa shape index (κ2) is 6.40. The van der Waals surface area contributed by atoms with Crippen LogP contribution in [0.1, 0.15) is 12.0 Å². The van der Waals surface area contributed by atoms with Crippen molar-refractivity contribution < 1.29 is 19.1 Å². The van der Waals surface area contributed by atoms with Crippen LogP contribution in [0.3, 0.4) is 0 Å². The van der Waals surface area contributed by atoms with Crippen LogP contribution < -0.4 is 10.6 Å². The Morgan fingerprint density at radius 1 is 1.53 bits per heavy atom. The molecule has 0 aliphatic rings. The highest BCUT2D eigenvalue weighted by Crippen LogP contribution is 2.17. The van der Waals surface area contributed by atoms with Gasteiger partial charge in [0.25, 0.3) is 0 Å². The Balaban J connectivity index is 2.72. The zero-order valence-corrected chi connectivity index (χ0v) is 10.2. The van der Waals surface area contributed by atoms with E-state index in [1.807, 2.05) is 0 Å². The van der Waals surface area contributed by atoms with Gasteiger partial charge in [0.15, 0.2) is 0 Å². The molecular weight excluding hydrogens is 251 g/mol. The molecule has 0 saturated carbocycles. The molecule has 5 nitrogen and oxygen atoms in total. The first-order valence-electron chi connectivity index (χ1n) is 5.44. The minimum atomic E-state index is -1.23. The number of carboxylic acids is 1. The Bertz CT molecular complexity index is 537. The third-order valence-electron chi connectivity index (χ3n) is 2.44. The number of rotatable bonds is 4. The number of nitrogens with one attached hydrogen (secondary N) is 2. The molecule has 0 heterocycles. The number of halogens is 1. The van der Waals surface area contributed by atoms with Gasteiger partial charge in [-0.1, -0.05) is 6.07 Å². The van der Waals surface area contributed by atoms with Crippen LogP contribution in [0.15, 0.2) is 18.2 Å². The number of terminal acetylenes is 1. The second-order valence-corrected chi connectivity index (χ2v) is 3.81. The lowest BCUT2D eigenvalue weighted by Crippen LogP contribution is -2.42. The number of anilines is 1. The van der Waals surface area contributed by atoms with Crippen LogP contribution in [0.5, 0.6) is 0 Å². The molecule has 0 spiro atoms. The summed E-state index contributed by atoms with van der Waals surface area (Å²) in [6, 6.07) is 2.27. The predicted molar refractivity (Wildman–Crippen MR) is 68.2 cm³/mol. The van der Waals surface area contributed by atoms with E-state index in [2.05, 4.69) is 16.6 Å². The SMILES string of the molecule is C#CCC(NC(=O)Nc1cccc(F)c1C)C(=O)O. The highest BCUT2D eigenvalue weighted by atomic mass is 19.1. The Hall–Kier alpha value is -2.55. The molecule has 3 N–H and O–H groups in total. The first kappa shape index (κ1) is 14.5. The van der Waals surface area contributed by atoms with E-state index in [1.165, 1.54) is 25.1 Å². The molecule has 0 aliphatic carbocycles. The van der Waals surface area contributed by atoms with Crippen molar-refractivity contribution in [1.82, 2.24) is 5.32 Å². The third-order valence-corrected chi connectivity index (χ3v) is 2.44. The molecule has 1 unspecified atom stereocenters. The number of carbonyl (C=O) groups is 2. The van der Waals surface area contributed by atoms with Crippen molar-refractivity contribution in [2.75, 3.05) is 5.32 Å². The fraction of sp³-hybridized carbons (Fsp3) is 0.231. The summed E-state index contributed by atoms with van der Waals surface area (Å²) in [7, 11) is 0. The number of carboxylic acid groups (broad SMARTS) is 1. The highest BCUT2D eigenvalue weighted by Gasteiger charge is 2.19. The standard InChI is InChI=1S/C13H13FN2O3/c1-3-5-11(12(17)18)16-13(19)15-10-7-4-6-9(14)8(10)2/h1,4,6-7,11H,5H2,2H3,(H,17,18)(H2,15,16,19). The zero-order valence-electron chi connectivity index (χ0n) is 10.2. The van der Waals surface area contributed by atoms with Gasteiger partial charge in [-0.2, -0.15) is 0 Å². The van der Waals surface area contributed by atoms with E-state index in [4.69, 9.17) is 11.5 Å². The molecule has 0 fully saturated rings. The average Bonchev–Trinajstić information content (AvgIpc) is 2.34. The van der Waals surface area contributed by atoms with E-state index in [1.54, 1.807) is 0 Å². The summed E-state index contributed by atoms with van der Waals surface area (Å²) >= 11 is 0. The first-order valence-corrected chi connectivity index (χ1v) is 5.44. The molecule has 2 amide bonds. The number of hydrogen-bond donors (Lipinski definition) is 3. The molecule has 1 rings (SSSR count). The van der Waals surface area contributed by atoms with E-state index in [0.717, 1.165) is 0 Å². The number of urea groups is 1. The van der Waals surface area contributed by atoms with E-state index >= 15 is 0 Å². The lowest BCUT2D eigenvalue weighted by molar-refractivity contribution is -0.139. The van der Waals surface area contributed by atoms with E-state index in [0.29, 0.717) is 0 Å². The zero-order chi connectivity index (χ0) is 14.4.